The van der Waals surface area contributed by atoms with Gasteiger partial charge in [0.25, 0.3) is 0 Å². The lowest BCUT2D eigenvalue weighted by molar-refractivity contribution is 1.01. The minimum Gasteiger partial charge on any atom is -0.378 e. The van der Waals surface area contributed by atoms with Crippen LogP contribution >= 0.6 is 0 Å². The van der Waals surface area contributed by atoms with Gasteiger partial charge in [-0.05, 0) is 43.7 Å². The molecule has 3 rings (SSSR count). The van der Waals surface area contributed by atoms with Crippen molar-refractivity contribution in [2.24, 2.45) is 0 Å². The van der Waals surface area contributed by atoms with Gasteiger partial charge >= 0.3 is 0 Å². The van der Waals surface area contributed by atoms with Crippen LogP contribution in [0.4, 0.5) is 5.69 Å². The number of anilines is 1. The van der Waals surface area contributed by atoms with Crippen LogP contribution in [0.1, 0.15) is 17.0 Å². The summed E-state index contributed by atoms with van der Waals surface area (Å²) in [5.41, 5.74) is 5.74. The highest BCUT2D eigenvalue weighted by atomic mass is 15.0. The second-order valence-corrected chi connectivity index (χ2v) is 4.92. The molecule has 0 amide bonds. The lowest BCUT2D eigenvalue weighted by atomic mass is 10.2. The summed E-state index contributed by atoms with van der Waals surface area (Å²) in [5, 5.41) is 3.37. The van der Waals surface area contributed by atoms with Gasteiger partial charge in [0.2, 0.25) is 0 Å². The zero-order chi connectivity index (χ0) is 13.2. The molecule has 1 heterocycles. The highest BCUT2D eigenvalue weighted by Gasteiger charge is 2.02. The molecule has 3 heteroatoms. The van der Waals surface area contributed by atoms with Crippen LogP contribution in [-0.4, -0.2) is 9.97 Å². The van der Waals surface area contributed by atoms with Gasteiger partial charge < -0.3 is 10.3 Å². The van der Waals surface area contributed by atoms with E-state index in [4.69, 9.17) is 0 Å². The molecule has 2 aromatic carbocycles. The van der Waals surface area contributed by atoms with E-state index in [1.54, 1.807) is 0 Å². The fraction of sp³-hybridized carbons (Fsp3) is 0.188. The normalized spacial score (nSPS) is 10.8. The summed E-state index contributed by atoms with van der Waals surface area (Å²) in [7, 11) is 0. The molecule has 1 aromatic heterocycles. The van der Waals surface area contributed by atoms with E-state index in [1.807, 2.05) is 0 Å². The van der Waals surface area contributed by atoms with Crippen molar-refractivity contribution in [3.05, 3.63) is 59.4 Å². The first kappa shape index (κ1) is 11.8. The Hall–Kier alpha value is -2.29. The van der Waals surface area contributed by atoms with E-state index in [-0.39, 0.29) is 0 Å². The van der Waals surface area contributed by atoms with Crippen LogP contribution in [0.2, 0.25) is 0 Å². The Labute approximate surface area is 112 Å². The van der Waals surface area contributed by atoms with Gasteiger partial charge in [-0.1, -0.05) is 23.8 Å². The maximum atomic E-state index is 4.57. The average Bonchev–Trinajstić information content (AvgIpc) is 2.80. The standard InChI is InChI=1S/C16H17N3/c1-11-3-6-13(7-4-11)17-10-16-18-14-8-5-12(2)9-15(14)19-16/h3-9,17H,10H2,1-2H3,(H,18,19). The molecule has 0 fully saturated rings. The smallest absolute Gasteiger partial charge is 0.126 e. The van der Waals surface area contributed by atoms with Crippen LogP contribution in [0.25, 0.3) is 11.0 Å². The van der Waals surface area contributed by atoms with E-state index in [9.17, 15) is 0 Å². The molecule has 3 aromatic rings. The molecular formula is C16H17N3. The highest BCUT2D eigenvalue weighted by Crippen LogP contribution is 2.14. The van der Waals surface area contributed by atoms with Crippen molar-refractivity contribution in [2.75, 3.05) is 5.32 Å². The van der Waals surface area contributed by atoms with E-state index in [2.05, 4.69) is 71.6 Å². The summed E-state index contributed by atoms with van der Waals surface area (Å²) in [4.78, 5) is 7.91. The third-order valence-corrected chi connectivity index (χ3v) is 3.20. The Morgan fingerprint density at radius 1 is 1.00 bits per heavy atom. The summed E-state index contributed by atoms with van der Waals surface area (Å²) in [6.45, 7) is 4.88. The van der Waals surface area contributed by atoms with Crippen molar-refractivity contribution in [3.8, 4) is 0 Å². The third-order valence-electron chi connectivity index (χ3n) is 3.20. The molecule has 3 nitrogen and oxygen atoms in total. The maximum Gasteiger partial charge on any atom is 0.126 e. The van der Waals surface area contributed by atoms with Crippen LogP contribution in [0.5, 0.6) is 0 Å². The topological polar surface area (TPSA) is 40.7 Å². The van der Waals surface area contributed by atoms with E-state index in [1.165, 1.54) is 11.1 Å². The third kappa shape index (κ3) is 2.60. The number of benzene rings is 2. The van der Waals surface area contributed by atoms with E-state index in [0.717, 1.165) is 22.5 Å². The summed E-state index contributed by atoms with van der Waals surface area (Å²) < 4.78 is 0. The van der Waals surface area contributed by atoms with Gasteiger partial charge in [-0.25, -0.2) is 4.98 Å². The van der Waals surface area contributed by atoms with E-state index >= 15 is 0 Å². The number of H-pyrrole nitrogens is 1. The molecule has 0 spiro atoms. The number of hydrogen-bond donors (Lipinski definition) is 2. The Morgan fingerprint density at radius 3 is 2.53 bits per heavy atom. The molecule has 0 aliphatic carbocycles. The van der Waals surface area contributed by atoms with Crippen LogP contribution in [-0.2, 0) is 6.54 Å². The van der Waals surface area contributed by atoms with Crippen LogP contribution in [0.3, 0.4) is 0 Å². The van der Waals surface area contributed by atoms with Crippen molar-refractivity contribution in [1.82, 2.24) is 9.97 Å². The van der Waals surface area contributed by atoms with Crippen molar-refractivity contribution in [2.45, 2.75) is 20.4 Å². The first-order valence-electron chi connectivity index (χ1n) is 6.46. The summed E-state index contributed by atoms with van der Waals surface area (Å²) >= 11 is 0. The summed E-state index contributed by atoms with van der Waals surface area (Å²) in [6, 6.07) is 14.6. The van der Waals surface area contributed by atoms with Crippen LogP contribution in [0, 0.1) is 13.8 Å². The molecule has 0 radical (unpaired) electrons. The predicted molar refractivity (Wildman–Crippen MR) is 79.3 cm³/mol. The quantitative estimate of drug-likeness (QED) is 0.743. The molecule has 19 heavy (non-hydrogen) atoms. The SMILES string of the molecule is Cc1ccc(NCc2nc3ccc(C)cc3[nH]2)cc1. The van der Waals surface area contributed by atoms with Gasteiger partial charge in [0.1, 0.15) is 5.82 Å². The molecule has 0 saturated heterocycles. The Kier molecular flexibility index (Phi) is 2.95. The number of imidazole rings is 1. The van der Waals surface area contributed by atoms with E-state index < -0.39 is 0 Å². The molecule has 96 valence electrons. The second-order valence-electron chi connectivity index (χ2n) is 4.92. The summed E-state index contributed by atoms with van der Waals surface area (Å²) in [6.07, 6.45) is 0. The minimum absolute atomic E-state index is 0.705. The first-order chi connectivity index (χ1) is 9.20. The van der Waals surface area contributed by atoms with Crippen molar-refractivity contribution >= 4 is 16.7 Å². The number of nitrogens with one attached hydrogen (secondary N) is 2. The zero-order valence-electron chi connectivity index (χ0n) is 11.2. The highest BCUT2D eigenvalue weighted by molar-refractivity contribution is 5.75. The lowest BCUT2D eigenvalue weighted by Gasteiger charge is -2.04. The predicted octanol–water partition coefficient (Wildman–Crippen LogP) is 3.79. The number of rotatable bonds is 3. The van der Waals surface area contributed by atoms with Gasteiger partial charge in [-0.15, -0.1) is 0 Å². The van der Waals surface area contributed by atoms with Crippen molar-refractivity contribution in [3.63, 3.8) is 0 Å². The molecule has 0 aliphatic rings. The first-order valence-corrected chi connectivity index (χ1v) is 6.46. The summed E-state index contributed by atoms with van der Waals surface area (Å²) in [5.74, 6) is 0.959. The molecule has 0 saturated carbocycles. The number of nitrogens with zero attached hydrogens (tertiary/aromatic N) is 1. The van der Waals surface area contributed by atoms with Gasteiger partial charge in [0.05, 0.1) is 17.6 Å². The Bertz CT molecular complexity index is 696. The number of hydrogen-bond acceptors (Lipinski definition) is 2. The molecule has 0 aliphatic heterocycles. The van der Waals surface area contributed by atoms with Crippen molar-refractivity contribution < 1.29 is 0 Å². The molecule has 0 unspecified atom stereocenters. The monoisotopic (exact) mass is 251 g/mol. The number of aromatic nitrogens is 2. The minimum atomic E-state index is 0.705. The second kappa shape index (κ2) is 4.76. The number of aryl methyl sites for hydroxylation is 2. The fourth-order valence-electron chi connectivity index (χ4n) is 2.12. The van der Waals surface area contributed by atoms with Crippen LogP contribution in [0.15, 0.2) is 42.5 Å². The Balaban J connectivity index is 1.76. The lowest BCUT2D eigenvalue weighted by Crippen LogP contribution is -2.00. The average molecular weight is 251 g/mol. The molecular weight excluding hydrogens is 234 g/mol. The molecule has 2 N–H and O–H groups in total. The van der Waals surface area contributed by atoms with Gasteiger partial charge in [-0.2, -0.15) is 0 Å². The fourth-order valence-corrected chi connectivity index (χ4v) is 2.12. The number of aromatic amines is 1. The van der Waals surface area contributed by atoms with Gasteiger partial charge in [-0.3, -0.25) is 0 Å². The number of fused-ring (bicyclic) bond motifs is 1. The zero-order valence-corrected chi connectivity index (χ0v) is 11.2. The molecule has 0 bridgehead atoms. The van der Waals surface area contributed by atoms with Crippen molar-refractivity contribution in [1.29, 1.82) is 0 Å². The molecule has 0 atom stereocenters. The van der Waals surface area contributed by atoms with Gasteiger partial charge in [0.15, 0.2) is 0 Å². The largest absolute Gasteiger partial charge is 0.378 e. The van der Waals surface area contributed by atoms with Gasteiger partial charge in [0, 0.05) is 5.69 Å². The maximum absolute atomic E-state index is 4.57. The Morgan fingerprint density at radius 2 is 1.74 bits per heavy atom. The van der Waals surface area contributed by atoms with Crippen LogP contribution < -0.4 is 5.32 Å². The van der Waals surface area contributed by atoms with E-state index in [0.29, 0.717) is 6.54 Å².